The van der Waals surface area contributed by atoms with Crippen molar-refractivity contribution in [2.75, 3.05) is 18.0 Å². The van der Waals surface area contributed by atoms with Crippen molar-refractivity contribution in [3.05, 3.63) is 28.2 Å². The summed E-state index contributed by atoms with van der Waals surface area (Å²) in [5, 5.41) is 0. The van der Waals surface area contributed by atoms with E-state index in [0.717, 1.165) is 22.9 Å². The summed E-state index contributed by atoms with van der Waals surface area (Å²) in [6.45, 7) is 2.35. The van der Waals surface area contributed by atoms with Crippen LogP contribution >= 0.6 is 15.9 Å². The molecule has 2 nitrogen and oxygen atoms in total. The topological polar surface area (TPSA) is 20.3 Å². The molecule has 1 heterocycles. The number of rotatable bonds is 2. The standard InChI is InChI=1S/C16H20BrNO/c17-15-10-14(5-4-13(15)11-19)18-9-8-16(12-18)6-2-1-3-7-16/h4-5,10-11H,1-3,6-9,12H2. The molecule has 1 aromatic rings. The summed E-state index contributed by atoms with van der Waals surface area (Å²) < 4.78 is 0.907. The molecule has 1 saturated heterocycles. The molecule has 0 N–H and O–H groups in total. The van der Waals surface area contributed by atoms with Gasteiger partial charge in [-0.2, -0.15) is 0 Å². The lowest BCUT2D eigenvalue weighted by Crippen LogP contribution is -2.29. The molecular weight excluding hydrogens is 302 g/mol. The Hall–Kier alpha value is -0.830. The molecule has 1 saturated carbocycles. The highest BCUT2D eigenvalue weighted by Crippen LogP contribution is 2.45. The Kier molecular flexibility index (Phi) is 3.66. The molecule has 1 aliphatic carbocycles. The first-order chi connectivity index (χ1) is 9.22. The predicted molar refractivity (Wildman–Crippen MR) is 81.9 cm³/mol. The molecule has 3 rings (SSSR count). The number of carbonyl (C=O) groups is 1. The summed E-state index contributed by atoms with van der Waals surface area (Å²) in [6, 6.07) is 6.08. The minimum absolute atomic E-state index is 0.577. The van der Waals surface area contributed by atoms with Crippen LogP contribution in [0.5, 0.6) is 0 Å². The monoisotopic (exact) mass is 321 g/mol. The van der Waals surface area contributed by atoms with Crippen molar-refractivity contribution in [2.45, 2.75) is 38.5 Å². The third-order valence-corrected chi connectivity index (χ3v) is 5.52. The van der Waals surface area contributed by atoms with Crippen molar-refractivity contribution in [1.82, 2.24) is 0 Å². The van der Waals surface area contributed by atoms with Crippen LogP contribution in [0.25, 0.3) is 0 Å². The van der Waals surface area contributed by atoms with E-state index in [4.69, 9.17) is 0 Å². The van der Waals surface area contributed by atoms with Gasteiger partial charge in [0, 0.05) is 28.8 Å². The SMILES string of the molecule is O=Cc1ccc(N2CCC3(CCCCC3)C2)cc1Br. The third-order valence-electron chi connectivity index (χ3n) is 4.83. The maximum Gasteiger partial charge on any atom is 0.151 e. The molecule has 3 heteroatoms. The number of hydrogen-bond acceptors (Lipinski definition) is 2. The van der Waals surface area contributed by atoms with Crippen LogP contribution in [0.2, 0.25) is 0 Å². The summed E-state index contributed by atoms with van der Waals surface area (Å²) in [4.78, 5) is 13.3. The van der Waals surface area contributed by atoms with Crippen LogP contribution in [0.3, 0.4) is 0 Å². The van der Waals surface area contributed by atoms with Crippen molar-refractivity contribution in [3.8, 4) is 0 Å². The molecule has 0 aromatic heterocycles. The van der Waals surface area contributed by atoms with E-state index in [0.29, 0.717) is 5.41 Å². The van der Waals surface area contributed by atoms with Gasteiger partial charge in [-0.25, -0.2) is 0 Å². The zero-order chi connectivity index (χ0) is 13.3. The second kappa shape index (κ2) is 5.28. The van der Waals surface area contributed by atoms with Crippen LogP contribution in [0, 0.1) is 5.41 Å². The van der Waals surface area contributed by atoms with E-state index >= 15 is 0 Å². The highest BCUT2D eigenvalue weighted by molar-refractivity contribution is 9.10. The van der Waals surface area contributed by atoms with Gasteiger partial charge in [0.15, 0.2) is 6.29 Å². The summed E-state index contributed by atoms with van der Waals surface area (Å²) in [6.07, 6.45) is 9.26. The first-order valence-corrected chi connectivity index (χ1v) is 8.01. The van der Waals surface area contributed by atoms with Crippen LogP contribution in [0.15, 0.2) is 22.7 Å². The van der Waals surface area contributed by atoms with Crippen LogP contribution in [0.1, 0.15) is 48.9 Å². The smallest absolute Gasteiger partial charge is 0.151 e. The van der Waals surface area contributed by atoms with Crippen LogP contribution in [-0.2, 0) is 0 Å². The number of carbonyl (C=O) groups excluding carboxylic acids is 1. The number of halogens is 1. The van der Waals surface area contributed by atoms with Crippen LogP contribution in [0.4, 0.5) is 5.69 Å². The highest BCUT2D eigenvalue weighted by atomic mass is 79.9. The normalized spacial score (nSPS) is 21.8. The van der Waals surface area contributed by atoms with Crippen molar-refractivity contribution in [1.29, 1.82) is 0 Å². The second-order valence-electron chi connectivity index (χ2n) is 6.06. The first-order valence-electron chi connectivity index (χ1n) is 7.22. The molecule has 0 amide bonds. The zero-order valence-corrected chi connectivity index (χ0v) is 12.8. The minimum Gasteiger partial charge on any atom is -0.371 e. The molecular formula is C16H20BrNO. The molecule has 2 fully saturated rings. The molecule has 102 valence electrons. The van der Waals surface area contributed by atoms with Gasteiger partial charge in [-0.3, -0.25) is 4.79 Å². The van der Waals surface area contributed by atoms with Crippen molar-refractivity contribution < 1.29 is 4.79 Å². The van der Waals surface area contributed by atoms with E-state index in [1.54, 1.807) is 0 Å². The Morgan fingerprint density at radius 2 is 1.95 bits per heavy atom. The number of hydrogen-bond donors (Lipinski definition) is 0. The lowest BCUT2D eigenvalue weighted by molar-refractivity contribution is 0.112. The van der Waals surface area contributed by atoms with Gasteiger partial charge in [-0.05, 0) is 58.8 Å². The van der Waals surface area contributed by atoms with Crippen molar-refractivity contribution in [2.24, 2.45) is 5.41 Å². The number of nitrogens with zero attached hydrogens (tertiary/aromatic N) is 1. The molecule has 1 spiro atoms. The predicted octanol–water partition coefficient (Wildman–Crippen LogP) is 4.42. The zero-order valence-electron chi connectivity index (χ0n) is 11.2. The van der Waals surface area contributed by atoms with Gasteiger partial charge in [0.2, 0.25) is 0 Å². The average Bonchev–Trinajstić information content (AvgIpc) is 2.83. The van der Waals surface area contributed by atoms with Crippen molar-refractivity contribution in [3.63, 3.8) is 0 Å². The Balaban J connectivity index is 1.77. The van der Waals surface area contributed by atoms with E-state index in [-0.39, 0.29) is 0 Å². The maximum absolute atomic E-state index is 10.9. The number of benzene rings is 1. The summed E-state index contributed by atoms with van der Waals surface area (Å²) >= 11 is 3.48. The van der Waals surface area contributed by atoms with Gasteiger partial charge in [-0.15, -0.1) is 0 Å². The largest absolute Gasteiger partial charge is 0.371 e. The fraction of sp³-hybridized carbons (Fsp3) is 0.562. The molecule has 1 aromatic carbocycles. The first kappa shape index (κ1) is 13.2. The van der Waals surface area contributed by atoms with Gasteiger partial charge >= 0.3 is 0 Å². The van der Waals surface area contributed by atoms with Gasteiger partial charge in [-0.1, -0.05) is 19.3 Å². The fourth-order valence-electron chi connectivity index (χ4n) is 3.67. The Morgan fingerprint density at radius 3 is 2.63 bits per heavy atom. The number of aldehydes is 1. The van der Waals surface area contributed by atoms with E-state index in [2.05, 4.69) is 33.0 Å². The maximum atomic E-state index is 10.9. The van der Waals surface area contributed by atoms with E-state index in [1.165, 1.54) is 50.8 Å². The lowest BCUT2D eigenvalue weighted by atomic mass is 9.73. The minimum atomic E-state index is 0.577. The Labute approximate surface area is 123 Å². The lowest BCUT2D eigenvalue weighted by Gasteiger charge is -2.33. The second-order valence-corrected chi connectivity index (χ2v) is 6.91. The quantitative estimate of drug-likeness (QED) is 0.751. The summed E-state index contributed by atoms with van der Waals surface area (Å²) in [5.41, 5.74) is 2.56. The molecule has 0 unspecified atom stereocenters. The van der Waals surface area contributed by atoms with Crippen molar-refractivity contribution >= 4 is 27.9 Å². The molecule has 0 bridgehead atoms. The van der Waals surface area contributed by atoms with E-state index < -0.39 is 0 Å². The Bertz CT molecular complexity index is 480. The van der Waals surface area contributed by atoms with Gasteiger partial charge in [0.1, 0.15) is 0 Å². The van der Waals surface area contributed by atoms with E-state index in [9.17, 15) is 4.79 Å². The molecule has 0 radical (unpaired) electrons. The van der Waals surface area contributed by atoms with Gasteiger partial charge < -0.3 is 4.90 Å². The number of anilines is 1. The Morgan fingerprint density at radius 1 is 1.16 bits per heavy atom. The summed E-state index contributed by atoms with van der Waals surface area (Å²) in [7, 11) is 0. The summed E-state index contributed by atoms with van der Waals surface area (Å²) in [5.74, 6) is 0. The molecule has 19 heavy (non-hydrogen) atoms. The molecule has 1 aliphatic heterocycles. The fourth-order valence-corrected chi connectivity index (χ4v) is 4.13. The average molecular weight is 322 g/mol. The third kappa shape index (κ3) is 2.58. The van der Waals surface area contributed by atoms with E-state index in [1.807, 2.05) is 6.07 Å². The van der Waals surface area contributed by atoms with Gasteiger partial charge in [0.05, 0.1) is 0 Å². The van der Waals surface area contributed by atoms with Gasteiger partial charge in [0.25, 0.3) is 0 Å². The van der Waals surface area contributed by atoms with Crippen LogP contribution in [-0.4, -0.2) is 19.4 Å². The molecule has 2 aliphatic rings. The van der Waals surface area contributed by atoms with Crippen LogP contribution < -0.4 is 4.90 Å². The molecule has 0 atom stereocenters. The highest BCUT2D eigenvalue weighted by Gasteiger charge is 2.38.